The van der Waals surface area contributed by atoms with Crippen LogP contribution in [-0.2, 0) is 19.4 Å². The van der Waals surface area contributed by atoms with Crippen molar-refractivity contribution in [1.82, 2.24) is 0 Å². The van der Waals surface area contributed by atoms with Crippen LogP contribution in [0.15, 0.2) is 12.1 Å². The molecule has 8 heteroatoms. The van der Waals surface area contributed by atoms with Crippen LogP contribution in [0.3, 0.4) is 0 Å². The molecule has 0 amide bonds. The Balaban J connectivity index is 1.85. The Morgan fingerprint density at radius 3 is 1.78 bits per heavy atom. The van der Waals surface area contributed by atoms with Gasteiger partial charge in [0.1, 0.15) is 0 Å². The fourth-order valence-corrected chi connectivity index (χ4v) is 9.47. The molecule has 0 bridgehead atoms. The Morgan fingerprint density at radius 2 is 1.31 bits per heavy atom. The van der Waals surface area contributed by atoms with E-state index in [-0.39, 0.29) is 34.5 Å². The summed E-state index contributed by atoms with van der Waals surface area (Å²) in [5.41, 5.74) is 2.09. The Labute approximate surface area is 288 Å². The average Bonchev–Trinajstić information content (AvgIpc) is 3.68. The minimum Gasteiger partial charge on any atom is -0.428 e. The van der Waals surface area contributed by atoms with Crippen molar-refractivity contribution in [2.45, 2.75) is 175 Å². The van der Waals surface area contributed by atoms with E-state index in [9.17, 15) is 0 Å². The van der Waals surface area contributed by atoms with Gasteiger partial charge in [0.15, 0.2) is 0 Å². The highest BCUT2D eigenvalue weighted by Crippen LogP contribution is 2.59. The summed E-state index contributed by atoms with van der Waals surface area (Å²) in [6, 6.07) is 5.01. The first-order chi connectivity index (χ1) is 20.9. The lowest BCUT2D eigenvalue weighted by molar-refractivity contribution is 0.00578. The molecular formula is C37H62B2O3PS2. The van der Waals surface area contributed by atoms with Crippen molar-refractivity contribution >= 4 is 56.1 Å². The first-order valence-corrected chi connectivity index (χ1v) is 20.1. The first kappa shape index (κ1) is 37.7. The van der Waals surface area contributed by atoms with Crippen molar-refractivity contribution < 1.29 is 14.0 Å². The fraction of sp³-hybridized carbons (Fsp3) is 0.784. The van der Waals surface area contributed by atoms with Gasteiger partial charge < -0.3 is 14.0 Å². The highest BCUT2D eigenvalue weighted by Gasteiger charge is 2.54. The molecule has 1 aliphatic heterocycles. The van der Waals surface area contributed by atoms with Gasteiger partial charge in [-0.3, -0.25) is 0 Å². The molecule has 1 saturated heterocycles. The summed E-state index contributed by atoms with van der Waals surface area (Å²) in [4.78, 5) is 2.90. The number of fused-ring (bicyclic) bond motifs is 3. The average molecular weight is 672 g/mol. The number of thiophene rings is 2. The van der Waals surface area contributed by atoms with E-state index >= 15 is 0 Å². The van der Waals surface area contributed by atoms with Crippen LogP contribution < -0.4 is 9.55 Å². The maximum absolute atomic E-state index is 6.63. The van der Waals surface area contributed by atoms with E-state index < -0.39 is 0 Å². The molecule has 0 N–H and O–H groups in total. The van der Waals surface area contributed by atoms with Crippen LogP contribution in [-0.4, -0.2) is 36.6 Å². The third kappa shape index (κ3) is 7.70. The lowest BCUT2D eigenvalue weighted by Crippen LogP contribution is -2.45. The second kappa shape index (κ2) is 14.4. The summed E-state index contributed by atoms with van der Waals surface area (Å²) in [6.45, 7) is 27.0. The maximum Gasteiger partial charge on any atom is 0.505 e. The van der Waals surface area contributed by atoms with Gasteiger partial charge in [-0.05, 0) is 83.4 Å². The van der Waals surface area contributed by atoms with Crippen LogP contribution in [0, 0.1) is 11.8 Å². The van der Waals surface area contributed by atoms with Gasteiger partial charge in [-0.15, -0.1) is 31.9 Å². The zero-order valence-electron chi connectivity index (χ0n) is 30.7. The summed E-state index contributed by atoms with van der Waals surface area (Å²) >= 11 is 3.83. The summed E-state index contributed by atoms with van der Waals surface area (Å²) in [5, 5.41) is -0.0485. The molecular weight excluding hydrogens is 609 g/mol. The van der Waals surface area contributed by atoms with E-state index in [1.54, 1.807) is 11.1 Å². The van der Waals surface area contributed by atoms with E-state index in [4.69, 9.17) is 14.0 Å². The largest absolute Gasteiger partial charge is 0.505 e. The second-order valence-electron chi connectivity index (χ2n) is 16.2. The van der Waals surface area contributed by atoms with E-state index in [2.05, 4.69) is 104 Å². The summed E-state index contributed by atoms with van der Waals surface area (Å²) in [5.74, 6) is 1.40. The Kier molecular flexibility index (Phi) is 12.0. The number of unbranched alkanes of at least 4 members (excludes halogenated alkanes) is 2. The molecule has 3 heterocycles. The van der Waals surface area contributed by atoms with Crippen LogP contribution in [0.25, 0.3) is 9.75 Å². The molecule has 45 heavy (non-hydrogen) atoms. The van der Waals surface area contributed by atoms with Gasteiger partial charge in [-0.1, -0.05) is 99.0 Å². The molecule has 4 rings (SSSR count). The zero-order chi connectivity index (χ0) is 33.4. The predicted molar refractivity (Wildman–Crippen MR) is 204 cm³/mol. The van der Waals surface area contributed by atoms with Gasteiger partial charge in [-0.2, -0.15) is 0 Å². The molecule has 0 saturated carbocycles. The lowest BCUT2D eigenvalue weighted by atomic mass is 9.65. The second-order valence-corrected chi connectivity index (χ2v) is 19.8. The van der Waals surface area contributed by atoms with Crippen molar-refractivity contribution in [3.05, 3.63) is 23.3 Å². The SMILES string of the molecule is CCCCC(CC)CC1(CC(CC)CCCC)c2cc([B]OC(C)(C)C(C)(C)P)sc2-c2sc(B3OC(C)(C)C(C)(C)O3)cc21. The normalized spacial score (nSPS) is 22.0. The van der Waals surface area contributed by atoms with E-state index in [0.29, 0.717) is 11.8 Å². The minimum atomic E-state index is -0.351. The Bertz CT molecular complexity index is 1240. The Hall–Kier alpha value is -0.160. The summed E-state index contributed by atoms with van der Waals surface area (Å²) in [7, 11) is 4.69. The van der Waals surface area contributed by atoms with Gasteiger partial charge >= 0.3 is 14.6 Å². The van der Waals surface area contributed by atoms with Crippen molar-refractivity contribution in [2.24, 2.45) is 11.8 Å². The number of hydrogen-bond acceptors (Lipinski definition) is 5. The van der Waals surface area contributed by atoms with Crippen LogP contribution in [0.5, 0.6) is 0 Å². The molecule has 0 spiro atoms. The highest BCUT2D eigenvalue weighted by atomic mass is 32.1. The first-order valence-electron chi connectivity index (χ1n) is 17.9. The molecule has 2 aromatic heterocycles. The van der Waals surface area contributed by atoms with Gasteiger partial charge in [0.05, 0.1) is 16.8 Å². The molecule has 2 aromatic rings. The zero-order valence-corrected chi connectivity index (χ0v) is 33.4. The molecule has 1 aliphatic carbocycles. The Morgan fingerprint density at radius 1 is 0.822 bits per heavy atom. The number of hydrogen-bond donors (Lipinski definition) is 0. The molecule has 251 valence electrons. The quantitative estimate of drug-likeness (QED) is 0.124. The van der Waals surface area contributed by atoms with Crippen LogP contribution >= 0.6 is 31.9 Å². The van der Waals surface area contributed by atoms with Crippen molar-refractivity contribution in [3.8, 4) is 9.75 Å². The van der Waals surface area contributed by atoms with Gasteiger partial charge in [0, 0.05) is 29.9 Å². The number of rotatable bonds is 17. The minimum absolute atomic E-state index is 0.00385. The van der Waals surface area contributed by atoms with E-state index in [1.807, 2.05) is 30.2 Å². The third-order valence-electron chi connectivity index (χ3n) is 11.6. The van der Waals surface area contributed by atoms with Crippen LogP contribution in [0.4, 0.5) is 0 Å². The van der Waals surface area contributed by atoms with Gasteiger partial charge in [0.2, 0.25) is 0 Å². The van der Waals surface area contributed by atoms with Crippen LogP contribution in [0.1, 0.15) is 158 Å². The maximum atomic E-state index is 6.63. The topological polar surface area (TPSA) is 27.7 Å². The summed E-state index contributed by atoms with van der Waals surface area (Å²) in [6.07, 6.45) is 12.6. The van der Waals surface area contributed by atoms with Gasteiger partial charge in [-0.25, -0.2) is 0 Å². The molecule has 0 aromatic carbocycles. The molecule has 3 atom stereocenters. The molecule has 3 nitrogen and oxygen atoms in total. The van der Waals surface area contributed by atoms with Crippen LogP contribution in [0.2, 0.25) is 0 Å². The predicted octanol–water partition coefficient (Wildman–Crippen LogP) is 10.3. The highest BCUT2D eigenvalue weighted by molar-refractivity contribution is 7.30. The summed E-state index contributed by atoms with van der Waals surface area (Å²) < 4.78 is 22.3. The lowest BCUT2D eigenvalue weighted by Gasteiger charge is -2.39. The van der Waals surface area contributed by atoms with Crippen molar-refractivity contribution in [3.63, 3.8) is 0 Å². The fourth-order valence-electron chi connectivity index (χ4n) is 6.90. The standard InChI is InChI=1S/C37H62B2O3PS2/c1-13-17-19-25(15-3)23-37(24-26(16-4)20-18-14-2)27-21-29(38-40-35(9,10)36(11,12)43)44-31(27)32-28(37)22-30(45-32)39-41-33(5,6)34(7,8)42-39/h21-22,25-26H,13-20,23-24,43H2,1-12H3. The van der Waals surface area contributed by atoms with Gasteiger partial charge in [0.25, 0.3) is 0 Å². The van der Waals surface area contributed by atoms with E-state index in [1.165, 1.54) is 83.5 Å². The van der Waals surface area contributed by atoms with E-state index in [0.717, 1.165) is 0 Å². The monoisotopic (exact) mass is 671 g/mol. The molecule has 3 unspecified atom stereocenters. The smallest absolute Gasteiger partial charge is 0.428 e. The molecule has 1 fully saturated rings. The van der Waals surface area contributed by atoms with Crippen molar-refractivity contribution in [2.75, 3.05) is 0 Å². The molecule has 1 radical (unpaired) electrons. The third-order valence-corrected chi connectivity index (χ3v) is 14.7. The molecule has 2 aliphatic rings. The van der Waals surface area contributed by atoms with Crippen molar-refractivity contribution in [1.29, 1.82) is 0 Å².